The van der Waals surface area contributed by atoms with Gasteiger partial charge in [0, 0.05) is 30.8 Å². The molecule has 41 heavy (non-hydrogen) atoms. The highest BCUT2D eigenvalue weighted by molar-refractivity contribution is 5.81. The molecule has 1 saturated heterocycles. The molecule has 1 aliphatic heterocycles. The fourth-order valence-electron chi connectivity index (χ4n) is 5.77. The predicted octanol–water partition coefficient (Wildman–Crippen LogP) is 4.50. The topological polar surface area (TPSA) is 93.9 Å². The van der Waals surface area contributed by atoms with E-state index in [2.05, 4.69) is 35.6 Å². The van der Waals surface area contributed by atoms with Crippen molar-refractivity contribution in [1.29, 1.82) is 0 Å². The molecule has 3 atom stereocenters. The average molecular weight is 566 g/mol. The maximum atomic E-state index is 12.8. The van der Waals surface area contributed by atoms with Crippen LogP contribution in [0.3, 0.4) is 0 Å². The van der Waals surface area contributed by atoms with E-state index in [0.717, 1.165) is 63.7 Å². The van der Waals surface area contributed by atoms with Crippen LogP contribution in [0.4, 0.5) is 0 Å². The Morgan fingerprint density at radius 1 is 1.15 bits per heavy atom. The summed E-state index contributed by atoms with van der Waals surface area (Å²) in [5, 5.41) is 11.4. The lowest BCUT2D eigenvalue weighted by molar-refractivity contribution is -0.174. The van der Waals surface area contributed by atoms with Crippen molar-refractivity contribution in [2.45, 2.75) is 71.3 Å². The lowest BCUT2D eigenvalue weighted by atomic mass is 9.73. The Kier molecular flexibility index (Phi) is 12.9. The number of benzene rings is 1. The maximum absolute atomic E-state index is 12.8. The molecule has 8 nitrogen and oxygen atoms in total. The smallest absolute Gasteiger partial charge is 0.344 e. The Bertz CT molecular complexity index is 1140. The van der Waals surface area contributed by atoms with Crippen molar-refractivity contribution < 1.29 is 24.2 Å². The summed E-state index contributed by atoms with van der Waals surface area (Å²) >= 11 is 0. The Labute approximate surface area is 245 Å². The van der Waals surface area contributed by atoms with Gasteiger partial charge in [-0.15, -0.1) is 0 Å². The summed E-state index contributed by atoms with van der Waals surface area (Å²) in [4.78, 5) is 30.5. The number of esters is 2. The summed E-state index contributed by atoms with van der Waals surface area (Å²) in [5.74, 6) is 5.60. The van der Waals surface area contributed by atoms with Crippen LogP contribution in [0.5, 0.6) is 0 Å². The largest absolute Gasteiger partial charge is 0.465 e. The summed E-state index contributed by atoms with van der Waals surface area (Å²) in [6.45, 7) is 9.35. The van der Waals surface area contributed by atoms with Gasteiger partial charge in [0.2, 0.25) is 0 Å². The van der Waals surface area contributed by atoms with Crippen LogP contribution < -0.4 is 0 Å². The number of imidazole rings is 1. The number of aryl methyl sites for hydroxylation is 1. The molecule has 0 radical (unpaired) electrons. The first-order valence-corrected chi connectivity index (χ1v) is 15.1. The van der Waals surface area contributed by atoms with Gasteiger partial charge in [0.25, 0.3) is 0 Å². The summed E-state index contributed by atoms with van der Waals surface area (Å²) in [6.07, 6.45) is 10.3. The van der Waals surface area contributed by atoms with Crippen molar-refractivity contribution in [2.75, 3.05) is 32.8 Å². The second-order valence-corrected chi connectivity index (χ2v) is 11.0. The van der Waals surface area contributed by atoms with Gasteiger partial charge in [0.15, 0.2) is 12.2 Å². The number of aromatic nitrogens is 2. The van der Waals surface area contributed by atoms with E-state index in [1.165, 1.54) is 0 Å². The van der Waals surface area contributed by atoms with E-state index in [4.69, 9.17) is 9.47 Å². The third-order valence-electron chi connectivity index (χ3n) is 8.46. The van der Waals surface area contributed by atoms with Gasteiger partial charge >= 0.3 is 11.9 Å². The highest BCUT2D eigenvalue weighted by Crippen LogP contribution is 2.40. The number of cyclic esters (lactones) is 1. The van der Waals surface area contributed by atoms with Crippen LogP contribution >= 0.6 is 0 Å². The van der Waals surface area contributed by atoms with Crippen LogP contribution in [-0.4, -0.2) is 64.3 Å². The number of carbonyl (C=O) groups excluding carboxylic acids is 2. The van der Waals surface area contributed by atoms with Crippen LogP contribution in [-0.2, 0) is 38.1 Å². The van der Waals surface area contributed by atoms with E-state index >= 15 is 0 Å². The lowest BCUT2D eigenvalue weighted by Crippen LogP contribution is -2.45. The normalized spacial score (nSPS) is 20.3. The molecule has 2 aromatic rings. The predicted molar refractivity (Wildman–Crippen MR) is 159 cm³/mol. The second kappa shape index (κ2) is 16.3. The zero-order chi connectivity index (χ0) is 29.7. The van der Waals surface area contributed by atoms with Crippen LogP contribution in [0.2, 0.25) is 0 Å². The first kappa shape index (κ1) is 32.4. The van der Waals surface area contributed by atoms with Crippen molar-refractivity contribution in [1.82, 2.24) is 14.5 Å². The molecule has 2 heterocycles. The molecule has 1 aromatic carbocycles. The molecule has 1 aliphatic carbocycles. The molecule has 0 amide bonds. The molecule has 1 aromatic heterocycles. The molecule has 1 N–H and O–H groups in total. The van der Waals surface area contributed by atoms with Crippen LogP contribution in [0.15, 0.2) is 42.9 Å². The number of nitrogens with zero attached hydrogens (tertiary/aromatic N) is 3. The van der Waals surface area contributed by atoms with Gasteiger partial charge in [0.05, 0.1) is 25.4 Å². The Morgan fingerprint density at radius 3 is 2.46 bits per heavy atom. The minimum absolute atomic E-state index is 0.0158. The maximum Gasteiger partial charge on any atom is 0.344 e. The van der Waals surface area contributed by atoms with Crippen molar-refractivity contribution in [3.63, 3.8) is 0 Å². The summed E-state index contributed by atoms with van der Waals surface area (Å²) in [5.41, 5.74) is 0.201. The molecule has 1 unspecified atom stereocenters. The minimum atomic E-state index is -1.58. The number of carbonyl (C=O) groups is 2. The first-order valence-electron chi connectivity index (χ1n) is 15.1. The number of aliphatic hydroxyl groups is 1. The third-order valence-corrected chi connectivity index (χ3v) is 8.46. The molecule has 224 valence electrons. The van der Waals surface area contributed by atoms with Gasteiger partial charge in [-0.3, -0.25) is 9.69 Å². The molecule has 2 fully saturated rings. The molecular weight excluding hydrogens is 518 g/mol. The zero-order valence-electron chi connectivity index (χ0n) is 25.2. The number of ether oxygens (including phenoxy) is 2. The number of rotatable bonds is 10. The molecule has 4 rings (SSSR count). The fraction of sp³-hybridized carbons (Fsp3) is 0.606. The molecule has 2 aliphatic rings. The Balaban J connectivity index is 0.000000260. The van der Waals surface area contributed by atoms with Crippen molar-refractivity contribution in [3.05, 3.63) is 54.1 Å². The van der Waals surface area contributed by atoms with Crippen LogP contribution in [0.1, 0.15) is 70.6 Å². The van der Waals surface area contributed by atoms with Gasteiger partial charge in [-0.1, -0.05) is 82.2 Å². The molecule has 0 spiro atoms. The van der Waals surface area contributed by atoms with Crippen molar-refractivity contribution >= 4 is 11.9 Å². The summed E-state index contributed by atoms with van der Waals surface area (Å²) in [6, 6.07) is 9.19. The monoisotopic (exact) mass is 565 g/mol. The quantitative estimate of drug-likeness (QED) is 0.335. The van der Waals surface area contributed by atoms with E-state index in [1.807, 2.05) is 55.1 Å². The van der Waals surface area contributed by atoms with Gasteiger partial charge in [-0.25, -0.2) is 9.78 Å². The highest BCUT2D eigenvalue weighted by atomic mass is 16.6. The zero-order valence-corrected chi connectivity index (χ0v) is 25.2. The molecule has 0 bridgehead atoms. The Morgan fingerprint density at radius 2 is 1.85 bits per heavy atom. The van der Waals surface area contributed by atoms with E-state index in [1.54, 1.807) is 6.33 Å². The van der Waals surface area contributed by atoms with E-state index < -0.39 is 11.6 Å². The SMILES string of the molecule is CCN(CC)CC#CCOC(=O)C(O)(c1ccccc1)C1CCCCC1.CC[C@@H]1C(=O)OC[C@@H]1Cc1cncn1C. The van der Waals surface area contributed by atoms with Crippen LogP contribution in [0.25, 0.3) is 0 Å². The van der Waals surface area contributed by atoms with Crippen molar-refractivity contribution in [3.8, 4) is 11.8 Å². The molecule has 1 saturated carbocycles. The average Bonchev–Trinajstić information content (AvgIpc) is 3.59. The minimum Gasteiger partial charge on any atom is -0.465 e. The van der Waals surface area contributed by atoms with Crippen LogP contribution in [0, 0.1) is 29.6 Å². The van der Waals surface area contributed by atoms with Gasteiger partial charge in [-0.05, 0) is 44.3 Å². The van der Waals surface area contributed by atoms with Crippen molar-refractivity contribution in [2.24, 2.45) is 24.8 Å². The van der Waals surface area contributed by atoms with E-state index in [0.29, 0.717) is 24.6 Å². The molecule has 8 heteroatoms. The van der Waals surface area contributed by atoms with Gasteiger partial charge in [-0.2, -0.15) is 0 Å². The molecular formula is C33H47N3O5. The third kappa shape index (κ3) is 8.67. The number of hydrogen-bond donors (Lipinski definition) is 1. The second-order valence-electron chi connectivity index (χ2n) is 11.0. The highest BCUT2D eigenvalue weighted by Gasteiger charge is 2.47. The fourth-order valence-corrected chi connectivity index (χ4v) is 5.77. The van der Waals surface area contributed by atoms with E-state index in [-0.39, 0.29) is 24.4 Å². The summed E-state index contributed by atoms with van der Waals surface area (Å²) < 4.78 is 12.5. The first-order chi connectivity index (χ1) is 19.8. The van der Waals surface area contributed by atoms with E-state index in [9.17, 15) is 14.7 Å². The summed E-state index contributed by atoms with van der Waals surface area (Å²) in [7, 11) is 1.97. The standard InChI is InChI=1S/C22H31NO3.C11H16N2O2/c1-3-23(4-2)17-11-12-18-26-21(24)22(25,19-13-7-5-8-14-19)20-15-9-6-10-16-20;1-3-10-8(6-15-11(10)14)4-9-5-12-7-13(9)2/h5,7-8,13-14,20,25H,3-4,6,9-10,15-18H2,1-2H3;5,7-8,10H,3-4,6H2,1-2H3/t;8-,10-/m.0/s1. The lowest BCUT2D eigenvalue weighted by Gasteiger charge is -2.36. The van der Waals surface area contributed by atoms with Gasteiger partial charge in [0.1, 0.15) is 0 Å². The Hall–Kier alpha value is -3.15. The van der Waals surface area contributed by atoms with Gasteiger partial charge < -0.3 is 19.1 Å². The number of hydrogen-bond acceptors (Lipinski definition) is 7.